The summed E-state index contributed by atoms with van der Waals surface area (Å²) in [5, 5.41) is 40.5. The third-order valence-corrected chi connectivity index (χ3v) is 4.40. The number of nitrogens with one attached hydrogen (secondary N) is 1. The minimum atomic E-state index is -0.805. The number of hydrogen-bond donors (Lipinski definition) is 2. The van der Waals surface area contributed by atoms with Gasteiger partial charge in [0, 0.05) is 29.8 Å². The molecule has 0 unspecified atom stereocenters. The number of amides is 1. The summed E-state index contributed by atoms with van der Waals surface area (Å²) in [6.45, 7) is 0. The predicted octanol–water partition coefficient (Wildman–Crippen LogP) is 1.48. The summed E-state index contributed by atoms with van der Waals surface area (Å²) in [6.07, 6.45) is 1.26. The first kappa shape index (κ1) is 21.7. The van der Waals surface area contributed by atoms with Crippen LogP contribution in [0, 0.1) is 20.2 Å². The van der Waals surface area contributed by atoms with Gasteiger partial charge in [0.2, 0.25) is 11.6 Å². The third-order valence-electron chi connectivity index (χ3n) is 4.40. The molecular weight excluding hydrogens is 452 g/mol. The van der Waals surface area contributed by atoms with Crippen LogP contribution in [0.4, 0.5) is 17.2 Å². The molecule has 0 fully saturated rings. The van der Waals surface area contributed by atoms with Crippen LogP contribution in [0.1, 0.15) is 16.1 Å². The molecule has 4 rings (SSSR count). The van der Waals surface area contributed by atoms with E-state index < -0.39 is 15.8 Å². The van der Waals surface area contributed by atoms with Gasteiger partial charge in [-0.25, -0.2) is 10.1 Å². The molecule has 2 heterocycles. The molecule has 0 saturated carbocycles. The standard InChI is InChI=1S/C18H12N10O6/c19-16-17(24-34-23-16)26-15(11-2-1-3-13(8-11)28(32)33)14(21-25-26)18(29)22-20-9-10-4-6-12(7-5-10)27(30)31/h1-9H,(H2,19,23)(H,22,29)/b20-9+. The number of hydrogen-bond acceptors (Lipinski definition) is 12. The minimum Gasteiger partial charge on any atom is -0.378 e. The van der Waals surface area contributed by atoms with Crippen LogP contribution in [-0.4, -0.2) is 47.3 Å². The van der Waals surface area contributed by atoms with E-state index in [2.05, 4.69) is 35.8 Å². The molecule has 16 heteroatoms. The zero-order valence-corrected chi connectivity index (χ0v) is 16.8. The van der Waals surface area contributed by atoms with Gasteiger partial charge in [0.25, 0.3) is 17.3 Å². The average molecular weight is 464 g/mol. The Bertz CT molecular complexity index is 1430. The lowest BCUT2D eigenvalue weighted by molar-refractivity contribution is -0.385. The molecule has 0 saturated heterocycles. The van der Waals surface area contributed by atoms with Crippen molar-refractivity contribution in [3.63, 3.8) is 0 Å². The minimum absolute atomic E-state index is 0.0223. The van der Waals surface area contributed by atoms with Crippen LogP contribution in [0.5, 0.6) is 0 Å². The van der Waals surface area contributed by atoms with Gasteiger partial charge in [-0.1, -0.05) is 17.3 Å². The molecule has 1 amide bonds. The SMILES string of the molecule is Nc1nonc1-n1nnc(C(=O)N/N=C/c2ccc([N+](=O)[O-])cc2)c1-c1cccc([N+](=O)[O-])c1. The first-order chi connectivity index (χ1) is 16.3. The highest BCUT2D eigenvalue weighted by molar-refractivity contribution is 5.99. The topological polar surface area (TPSA) is 223 Å². The fourth-order valence-corrected chi connectivity index (χ4v) is 2.85. The van der Waals surface area contributed by atoms with E-state index in [1.165, 1.54) is 54.7 Å². The monoisotopic (exact) mass is 464 g/mol. The van der Waals surface area contributed by atoms with Crippen LogP contribution in [0.15, 0.2) is 58.3 Å². The highest BCUT2D eigenvalue weighted by Crippen LogP contribution is 2.29. The van der Waals surface area contributed by atoms with E-state index >= 15 is 0 Å². The first-order valence-electron chi connectivity index (χ1n) is 9.22. The van der Waals surface area contributed by atoms with Gasteiger partial charge in [-0.05, 0) is 28.0 Å². The molecule has 3 N–H and O–H groups in total. The maximum atomic E-state index is 12.8. The highest BCUT2D eigenvalue weighted by Gasteiger charge is 2.26. The maximum absolute atomic E-state index is 12.8. The summed E-state index contributed by atoms with van der Waals surface area (Å²) in [7, 11) is 0. The van der Waals surface area contributed by atoms with Crippen molar-refractivity contribution in [2.45, 2.75) is 0 Å². The molecule has 0 atom stereocenters. The Morgan fingerprint density at radius 3 is 2.47 bits per heavy atom. The van der Waals surface area contributed by atoms with E-state index in [1.807, 2.05) is 0 Å². The van der Waals surface area contributed by atoms with Crippen molar-refractivity contribution in [3.05, 3.63) is 80.0 Å². The number of nitrogens with two attached hydrogens (primary N) is 1. The summed E-state index contributed by atoms with van der Waals surface area (Å²) in [5.74, 6) is -1.04. The van der Waals surface area contributed by atoms with Gasteiger partial charge >= 0.3 is 0 Å². The van der Waals surface area contributed by atoms with Gasteiger partial charge < -0.3 is 5.73 Å². The summed E-state index contributed by atoms with van der Waals surface area (Å²) in [6, 6.07) is 10.9. The molecule has 34 heavy (non-hydrogen) atoms. The van der Waals surface area contributed by atoms with E-state index in [1.54, 1.807) is 0 Å². The lowest BCUT2D eigenvalue weighted by atomic mass is 10.1. The molecule has 0 bridgehead atoms. The Kier molecular flexibility index (Phi) is 5.68. The second-order valence-corrected chi connectivity index (χ2v) is 6.53. The van der Waals surface area contributed by atoms with Gasteiger partial charge in [-0.15, -0.1) is 5.10 Å². The second-order valence-electron chi connectivity index (χ2n) is 6.53. The van der Waals surface area contributed by atoms with Crippen LogP contribution in [-0.2, 0) is 0 Å². The van der Waals surface area contributed by atoms with E-state index in [-0.39, 0.29) is 40.0 Å². The largest absolute Gasteiger partial charge is 0.378 e. The number of anilines is 1. The molecule has 16 nitrogen and oxygen atoms in total. The van der Waals surface area contributed by atoms with E-state index in [0.717, 1.165) is 4.68 Å². The summed E-state index contributed by atoms with van der Waals surface area (Å²) < 4.78 is 5.63. The zero-order chi connectivity index (χ0) is 24.2. The predicted molar refractivity (Wildman–Crippen MR) is 114 cm³/mol. The van der Waals surface area contributed by atoms with E-state index in [9.17, 15) is 25.0 Å². The van der Waals surface area contributed by atoms with Crippen LogP contribution in [0.3, 0.4) is 0 Å². The number of nitrogen functional groups attached to an aromatic ring is 1. The van der Waals surface area contributed by atoms with E-state index in [0.29, 0.717) is 5.56 Å². The number of carbonyl (C=O) groups is 1. The van der Waals surface area contributed by atoms with Crippen molar-refractivity contribution in [1.82, 2.24) is 30.7 Å². The molecule has 2 aromatic heterocycles. The molecule has 170 valence electrons. The molecular formula is C18H12N10O6. The number of hydrazone groups is 1. The molecule has 0 spiro atoms. The van der Waals surface area contributed by atoms with Gasteiger partial charge in [-0.2, -0.15) is 9.78 Å². The Hall–Kier alpha value is -5.54. The normalized spacial score (nSPS) is 10.9. The van der Waals surface area contributed by atoms with Gasteiger partial charge in [0.05, 0.1) is 16.1 Å². The molecule has 0 aliphatic rings. The van der Waals surface area contributed by atoms with Crippen molar-refractivity contribution >= 4 is 29.3 Å². The number of nitrogens with zero attached hydrogens (tertiary/aromatic N) is 8. The smallest absolute Gasteiger partial charge is 0.294 e. The summed E-state index contributed by atoms with van der Waals surface area (Å²) in [5.41, 5.74) is 8.13. The number of aromatic nitrogens is 5. The Morgan fingerprint density at radius 2 is 1.82 bits per heavy atom. The van der Waals surface area contributed by atoms with Crippen molar-refractivity contribution in [2.24, 2.45) is 5.10 Å². The van der Waals surface area contributed by atoms with Crippen molar-refractivity contribution < 1.29 is 19.3 Å². The number of nitro groups is 2. The third kappa shape index (κ3) is 4.26. The number of non-ortho nitro benzene ring substituents is 2. The molecule has 0 aliphatic heterocycles. The summed E-state index contributed by atoms with van der Waals surface area (Å²) in [4.78, 5) is 33.6. The van der Waals surface area contributed by atoms with Crippen LogP contribution in [0.25, 0.3) is 17.1 Å². The molecule has 0 radical (unpaired) electrons. The van der Waals surface area contributed by atoms with Gasteiger partial charge in [0.15, 0.2) is 5.69 Å². The number of rotatable bonds is 7. The Balaban J connectivity index is 1.67. The van der Waals surface area contributed by atoms with Gasteiger partial charge in [0.1, 0.15) is 5.69 Å². The van der Waals surface area contributed by atoms with Crippen molar-refractivity contribution in [2.75, 3.05) is 5.73 Å². The molecule has 2 aromatic carbocycles. The Morgan fingerprint density at radius 1 is 1.09 bits per heavy atom. The maximum Gasteiger partial charge on any atom is 0.294 e. The van der Waals surface area contributed by atoms with Crippen LogP contribution < -0.4 is 11.2 Å². The number of nitro benzene ring substituents is 2. The van der Waals surface area contributed by atoms with Crippen molar-refractivity contribution in [1.29, 1.82) is 0 Å². The number of carbonyl (C=O) groups excluding carboxylic acids is 1. The van der Waals surface area contributed by atoms with Crippen LogP contribution in [0.2, 0.25) is 0 Å². The van der Waals surface area contributed by atoms with Gasteiger partial charge in [-0.3, -0.25) is 25.0 Å². The van der Waals surface area contributed by atoms with Crippen LogP contribution >= 0.6 is 0 Å². The number of benzene rings is 2. The lowest BCUT2D eigenvalue weighted by Gasteiger charge is -2.05. The fraction of sp³-hybridized carbons (Fsp3) is 0. The Labute approximate surface area is 187 Å². The quantitative estimate of drug-likeness (QED) is 0.226. The second kappa shape index (κ2) is 8.91. The lowest BCUT2D eigenvalue weighted by Crippen LogP contribution is -2.19. The molecule has 0 aliphatic carbocycles. The van der Waals surface area contributed by atoms with Crippen molar-refractivity contribution in [3.8, 4) is 17.1 Å². The average Bonchev–Trinajstić information content (AvgIpc) is 3.45. The fourth-order valence-electron chi connectivity index (χ4n) is 2.85. The highest BCUT2D eigenvalue weighted by atomic mass is 16.6. The first-order valence-corrected chi connectivity index (χ1v) is 9.22. The molecule has 4 aromatic rings. The zero-order valence-electron chi connectivity index (χ0n) is 16.8. The van der Waals surface area contributed by atoms with E-state index in [4.69, 9.17) is 5.73 Å². The summed E-state index contributed by atoms with van der Waals surface area (Å²) >= 11 is 0.